The van der Waals surface area contributed by atoms with Gasteiger partial charge in [-0.3, -0.25) is 14.4 Å². The van der Waals surface area contributed by atoms with E-state index in [4.69, 9.17) is 5.73 Å². The first-order valence-corrected chi connectivity index (χ1v) is 9.40. The predicted octanol–water partition coefficient (Wildman–Crippen LogP) is 1.37. The molecule has 0 saturated carbocycles. The highest BCUT2D eigenvalue weighted by molar-refractivity contribution is 5.99. The van der Waals surface area contributed by atoms with Crippen molar-refractivity contribution in [2.24, 2.45) is 5.73 Å². The van der Waals surface area contributed by atoms with Crippen LogP contribution in [-0.4, -0.2) is 46.8 Å². The average Bonchev–Trinajstić information content (AvgIpc) is 3.16. The van der Waals surface area contributed by atoms with Gasteiger partial charge in [0.05, 0.1) is 0 Å². The van der Waals surface area contributed by atoms with Crippen molar-refractivity contribution in [3.8, 4) is 0 Å². The maximum atomic E-state index is 13.5. The Bertz CT molecular complexity index is 962. The first kappa shape index (κ1) is 21.4. The number of halogens is 2. The van der Waals surface area contributed by atoms with Crippen LogP contribution in [0.2, 0.25) is 0 Å². The standard InChI is InChI=1S/C21H22F2N4O3/c1-13(28)26-5-6-27(21(30)16-8-17(22)10-18(23)9-16)20(26)19(29)25-12-15-4-2-3-14(7-15)11-24/h2-4,7-10,20H,5-6,11-12,24H2,1H3,(H,25,29). The molecule has 158 valence electrons. The van der Waals surface area contributed by atoms with Crippen LogP contribution in [0.4, 0.5) is 8.78 Å². The molecule has 2 aromatic rings. The van der Waals surface area contributed by atoms with Crippen LogP contribution in [0.3, 0.4) is 0 Å². The smallest absolute Gasteiger partial charge is 0.264 e. The molecule has 1 saturated heterocycles. The summed E-state index contributed by atoms with van der Waals surface area (Å²) in [6.45, 7) is 2.03. The normalized spacial score (nSPS) is 15.9. The molecule has 0 aliphatic carbocycles. The second-order valence-electron chi connectivity index (χ2n) is 6.98. The van der Waals surface area contributed by atoms with Crippen LogP contribution >= 0.6 is 0 Å². The van der Waals surface area contributed by atoms with E-state index in [9.17, 15) is 23.2 Å². The minimum absolute atomic E-state index is 0.0668. The molecule has 0 radical (unpaired) electrons. The molecular weight excluding hydrogens is 394 g/mol. The highest BCUT2D eigenvalue weighted by atomic mass is 19.1. The molecule has 9 heteroatoms. The molecule has 3 N–H and O–H groups in total. The highest BCUT2D eigenvalue weighted by Crippen LogP contribution is 2.20. The molecule has 0 bridgehead atoms. The van der Waals surface area contributed by atoms with Crippen LogP contribution in [0.15, 0.2) is 42.5 Å². The fourth-order valence-electron chi connectivity index (χ4n) is 3.44. The number of nitrogens with one attached hydrogen (secondary N) is 1. The summed E-state index contributed by atoms with van der Waals surface area (Å²) in [5.74, 6) is -3.49. The molecule has 1 aliphatic heterocycles. The molecule has 1 fully saturated rings. The number of carbonyl (C=O) groups excluding carboxylic acids is 3. The minimum Gasteiger partial charge on any atom is -0.349 e. The van der Waals surface area contributed by atoms with Crippen LogP contribution in [0.5, 0.6) is 0 Å². The monoisotopic (exact) mass is 416 g/mol. The molecule has 0 spiro atoms. The van der Waals surface area contributed by atoms with Gasteiger partial charge in [0, 0.05) is 44.7 Å². The van der Waals surface area contributed by atoms with E-state index in [-0.39, 0.29) is 31.1 Å². The zero-order valence-electron chi connectivity index (χ0n) is 16.4. The van der Waals surface area contributed by atoms with Gasteiger partial charge in [-0.05, 0) is 23.3 Å². The Labute approximate surface area is 172 Å². The second-order valence-corrected chi connectivity index (χ2v) is 6.98. The van der Waals surface area contributed by atoms with Gasteiger partial charge in [0.1, 0.15) is 11.6 Å². The molecule has 3 rings (SSSR count). The molecule has 1 heterocycles. The predicted molar refractivity (Wildman–Crippen MR) is 105 cm³/mol. The molecule has 30 heavy (non-hydrogen) atoms. The van der Waals surface area contributed by atoms with Gasteiger partial charge in [0.15, 0.2) is 6.17 Å². The van der Waals surface area contributed by atoms with Gasteiger partial charge in [-0.2, -0.15) is 0 Å². The van der Waals surface area contributed by atoms with Crippen molar-refractivity contribution in [3.63, 3.8) is 0 Å². The van der Waals surface area contributed by atoms with Gasteiger partial charge in [-0.1, -0.05) is 24.3 Å². The number of rotatable bonds is 5. The second kappa shape index (κ2) is 9.00. The number of nitrogens with zero attached hydrogens (tertiary/aromatic N) is 2. The SMILES string of the molecule is CC(=O)N1CCN(C(=O)c2cc(F)cc(F)c2)C1C(=O)NCc1cccc(CN)c1. The molecule has 2 aromatic carbocycles. The Hall–Kier alpha value is -3.33. The van der Waals surface area contributed by atoms with Crippen molar-refractivity contribution < 1.29 is 23.2 Å². The van der Waals surface area contributed by atoms with Crippen molar-refractivity contribution >= 4 is 17.7 Å². The zero-order valence-corrected chi connectivity index (χ0v) is 16.4. The van der Waals surface area contributed by atoms with Crippen molar-refractivity contribution in [2.45, 2.75) is 26.2 Å². The maximum absolute atomic E-state index is 13.5. The van der Waals surface area contributed by atoms with Crippen LogP contribution in [0.25, 0.3) is 0 Å². The molecule has 3 amide bonds. The van der Waals surface area contributed by atoms with E-state index in [1.54, 1.807) is 0 Å². The zero-order chi connectivity index (χ0) is 21.8. The summed E-state index contributed by atoms with van der Waals surface area (Å²) in [6.07, 6.45) is -1.21. The Morgan fingerprint density at radius 2 is 1.67 bits per heavy atom. The molecule has 7 nitrogen and oxygen atoms in total. The van der Waals surface area contributed by atoms with E-state index >= 15 is 0 Å². The summed E-state index contributed by atoms with van der Waals surface area (Å²) in [5.41, 5.74) is 7.10. The van der Waals surface area contributed by atoms with Gasteiger partial charge in [-0.25, -0.2) is 8.78 Å². The maximum Gasteiger partial charge on any atom is 0.264 e. The summed E-state index contributed by atoms with van der Waals surface area (Å²) in [7, 11) is 0. The molecule has 1 aliphatic rings. The summed E-state index contributed by atoms with van der Waals surface area (Å²) >= 11 is 0. The number of hydrogen-bond acceptors (Lipinski definition) is 4. The largest absolute Gasteiger partial charge is 0.349 e. The topological polar surface area (TPSA) is 95.7 Å². The van der Waals surface area contributed by atoms with Gasteiger partial charge >= 0.3 is 0 Å². The fourth-order valence-corrected chi connectivity index (χ4v) is 3.44. The summed E-state index contributed by atoms with van der Waals surface area (Å²) in [5, 5.41) is 2.72. The third-order valence-electron chi connectivity index (χ3n) is 4.88. The van der Waals surface area contributed by atoms with E-state index < -0.39 is 29.6 Å². The molecule has 1 unspecified atom stereocenters. The Morgan fingerprint density at radius 3 is 2.30 bits per heavy atom. The first-order chi connectivity index (χ1) is 14.3. The fraction of sp³-hybridized carbons (Fsp3) is 0.286. The molecular formula is C21H22F2N4O3. The van der Waals surface area contributed by atoms with E-state index in [0.29, 0.717) is 12.6 Å². The Morgan fingerprint density at radius 1 is 1.03 bits per heavy atom. The summed E-state index contributed by atoms with van der Waals surface area (Å²) in [4.78, 5) is 40.1. The van der Waals surface area contributed by atoms with Gasteiger partial charge in [-0.15, -0.1) is 0 Å². The lowest BCUT2D eigenvalue weighted by Gasteiger charge is -2.28. The van der Waals surface area contributed by atoms with Crippen molar-refractivity contribution in [3.05, 3.63) is 70.8 Å². The number of carbonyl (C=O) groups is 3. The van der Waals surface area contributed by atoms with Gasteiger partial charge in [0.25, 0.3) is 11.8 Å². The summed E-state index contributed by atoms with van der Waals surface area (Å²) in [6, 6.07) is 9.78. The third kappa shape index (κ3) is 4.62. The highest BCUT2D eigenvalue weighted by Gasteiger charge is 2.41. The number of benzene rings is 2. The number of nitrogens with two attached hydrogens (primary N) is 1. The summed E-state index contributed by atoms with van der Waals surface area (Å²) < 4.78 is 27.1. The lowest BCUT2D eigenvalue weighted by atomic mass is 10.1. The van der Waals surface area contributed by atoms with E-state index in [1.807, 2.05) is 24.3 Å². The Kier molecular flexibility index (Phi) is 6.41. The lowest BCUT2D eigenvalue weighted by molar-refractivity contribution is -0.139. The van der Waals surface area contributed by atoms with Crippen molar-refractivity contribution in [1.82, 2.24) is 15.1 Å². The van der Waals surface area contributed by atoms with Crippen LogP contribution in [-0.2, 0) is 22.7 Å². The van der Waals surface area contributed by atoms with Gasteiger partial charge in [0.2, 0.25) is 5.91 Å². The minimum atomic E-state index is -1.21. The van der Waals surface area contributed by atoms with Crippen molar-refractivity contribution in [1.29, 1.82) is 0 Å². The van der Waals surface area contributed by atoms with Crippen LogP contribution < -0.4 is 11.1 Å². The van der Waals surface area contributed by atoms with Crippen LogP contribution in [0, 0.1) is 11.6 Å². The third-order valence-corrected chi connectivity index (χ3v) is 4.88. The molecule has 1 atom stereocenters. The lowest BCUT2D eigenvalue weighted by Crippen LogP contribution is -2.53. The van der Waals surface area contributed by atoms with Gasteiger partial charge < -0.3 is 20.9 Å². The number of hydrogen-bond donors (Lipinski definition) is 2. The Balaban J connectivity index is 1.80. The molecule has 0 aromatic heterocycles. The first-order valence-electron chi connectivity index (χ1n) is 9.40. The van der Waals surface area contributed by atoms with Crippen LogP contribution in [0.1, 0.15) is 28.4 Å². The van der Waals surface area contributed by atoms with E-state index in [2.05, 4.69) is 5.32 Å². The van der Waals surface area contributed by atoms with E-state index in [1.165, 1.54) is 11.8 Å². The average molecular weight is 416 g/mol. The van der Waals surface area contributed by atoms with E-state index in [0.717, 1.165) is 28.2 Å². The number of amides is 3. The quantitative estimate of drug-likeness (QED) is 0.770. The van der Waals surface area contributed by atoms with Crippen molar-refractivity contribution in [2.75, 3.05) is 13.1 Å².